The second kappa shape index (κ2) is 8.34. The molecule has 0 aliphatic heterocycles. The largest absolute Gasteiger partial charge is 0.451 e. The van der Waals surface area contributed by atoms with Crippen molar-refractivity contribution >= 4 is 34.8 Å². The molecule has 1 heterocycles. The highest BCUT2D eigenvalue weighted by atomic mass is 32.1. The van der Waals surface area contributed by atoms with Gasteiger partial charge in [-0.3, -0.25) is 9.59 Å². The lowest BCUT2D eigenvalue weighted by atomic mass is 10.3. The van der Waals surface area contributed by atoms with Crippen molar-refractivity contribution in [3.05, 3.63) is 51.7 Å². The van der Waals surface area contributed by atoms with Crippen molar-refractivity contribution in [3.63, 3.8) is 0 Å². The number of ether oxygens (including phenoxy) is 1. The van der Waals surface area contributed by atoms with Gasteiger partial charge in [0.2, 0.25) is 5.91 Å². The highest BCUT2D eigenvalue weighted by Crippen LogP contribution is 2.16. The minimum absolute atomic E-state index is 0.0535. The maximum Gasteiger partial charge on any atom is 0.349 e. The predicted molar refractivity (Wildman–Crippen MR) is 87.3 cm³/mol. The Morgan fingerprint density at radius 3 is 2.52 bits per heavy atom. The van der Waals surface area contributed by atoms with E-state index in [0.29, 0.717) is 4.88 Å². The molecule has 1 aromatic heterocycles. The fraction of sp³-hybridized carbons (Fsp3) is 0.188. The summed E-state index contributed by atoms with van der Waals surface area (Å²) in [5.41, 5.74) is 0.805. The first-order chi connectivity index (χ1) is 11.9. The smallest absolute Gasteiger partial charge is 0.349 e. The molecule has 0 saturated heterocycles. The summed E-state index contributed by atoms with van der Waals surface area (Å²) in [4.78, 5) is 35.4. The van der Waals surface area contributed by atoms with Gasteiger partial charge in [0.25, 0.3) is 5.91 Å². The van der Waals surface area contributed by atoms with Crippen molar-refractivity contribution in [1.82, 2.24) is 5.32 Å². The van der Waals surface area contributed by atoms with Gasteiger partial charge in [-0.05, 0) is 36.1 Å². The molecule has 0 aliphatic rings. The van der Waals surface area contributed by atoms with E-state index in [1.807, 2.05) is 0 Å². The number of nitrogens with one attached hydrogen (secondary N) is 2. The van der Waals surface area contributed by atoms with Crippen molar-refractivity contribution in [2.24, 2.45) is 0 Å². The number of amides is 2. The number of thiophene rings is 1. The Balaban J connectivity index is 1.74. The van der Waals surface area contributed by atoms with E-state index in [-0.39, 0.29) is 5.69 Å². The van der Waals surface area contributed by atoms with Crippen LogP contribution < -0.4 is 10.6 Å². The molecule has 25 heavy (non-hydrogen) atoms. The van der Waals surface area contributed by atoms with Crippen LogP contribution in [-0.4, -0.2) is 30.9 Å². The van der Waals surface area contributed by atoms with Crippen LogP contribution in [0, 0.1) is 18.6 Å². The third-order valence-corrected chi connectivity index (χ3v) is 4.03. The van der Waals surface area contributed by atoms with Gasteiger partial charge in [-0.25, -0.2) is 13.6 Å². The summed E-state index contributed by atoms with van der Waals surface area (Å²) in [7, 11) is 0. The van der Waals surface area contributed by atoms with Crippen LogP contribution in [0.4, 0.5) is 14.5 Å². The number of rotatable bonds is 6. The standard InChI is InChI=1S/C16H14F2N2O4S/c1-9-4-5-25-15(9)16(23)24-8-14(22)19-7-13(21)20-10-2-3-11(17)12(18)6-10/h2-6H,7-8H2,1H3,(H,19,22)(H,20,21). The van der Waals surface area contributed by atoms with E-state index in [1.54, 1.807) is 18.4 Å². The predicted octanol–water partition coefficient (Wildman–Crippen LogP) is 2.25. The molecule has 0 atom stereocenters. The molecule has 132 valence electrons. The highest BCUT2D eigenvalue weighted by Gasteiger charge is 2.14. The Kier molecular flexibility index (Phi) is 6.18. The van der Waals surface area contributed by atoms with E-state index in [4.69, 9.17) is 4.74 Å². The average Bonchev–Trinajstić information content (AvgIpc) is 3.00. The third kappa shape index (κ3) is 5.35. The number of esters is 1. The molecule has 6 nitrogen and oxygen atoms in total. The number of benzene rings is 1. The maximum atomic E-state index is 13.0. The van der Waals surface area contributed by atoms with Gasteiger partial charge in [0.05, 0.1) is 6.54 Å². The van der Waals surface area contributed by atoms with Gasteiger partial charge in [-0.2, -0.15) is 0 Å². The average molecular weight is 368 g/mol. The van der Waals surface area contributed by atoms with E-state index >= 15 is 0 Å². The summed E-state index contributed by atoms with van der Waals surface area (Å²) in [5, 5.41) is 6.28. The molecule has 1 aromatic carbocycles. The Bertz CT molecular complexity index is 807. The summed E-state index contributed by atoms with van der Waals surface area (Å²) in [6.07, 6.45) is 0. The molecule has 2 rings (SSSR count). The molecule has 0 spiro atoms. The zero-order valence-electron chi connectivity index (χ0n) is 13.1. The number of carbonyl (C=O) groups is 3. The van der Waals surface area contributed by atoms with E-state index in [9.17, 15) is 23.2 Å². The number of halogens is 2. The first-order valence-electron chi connectivity index (χ1n) is 7.09. The monoisotopic (exact) mass is 368 g/mol. The van der Waals surface area contributed by atoms with Crippen LogP contribution in [0.1, 0.15) is 15.2 Å². The summed E-state index contributed by atoms with van der Waals surface area (Å²) in [6, 6.07) is 4.63. The summed E-state index contributed by atoms with van der Waals surface area (Å²) in [5.74, 6) is -4.05. The minimum atomic E-state index is -1.10. The molecule has 0 aliphatic carbocycles. The third-order valence-electron chi connectivity index (χ3n) is 3.03. The quantitative estimate of drug-likeness (QED) is 0.766. The first kappa shape index (κ1) is 18.5. The summed E-state index contributed by atoms with van der Waals surface area (Å²) >= 11 is 1.20. The van der Waals surface area contributed by atoms with Crippen LogP contribution in [0.2, 0.25) is 0 Å². The molecule has 2 amide bonds. The second-order valence-corrected chi connectivity index (χ2v) is 5.88. The van der Waals surface area contributed by atoms with Gasteiger partial charge in [0, 0.05) is 11.8 Å². The van der Waals surface area contributed by atoms with E-state index in [2.05, 4.69) is 10.6 Å². The van der Waals surface area contributed by atoms with Crippen LogP contribution in [0.3, 0.4) is 0 Å². The number of hydrogen-bond acceptors (Lipinski definition) is 5. The topological polar surface area (TPSA) is 84.5 Å². The molecule has 9 heteroatoms. The molecule has 2 N–H and O–H groups in total. The van der Waals surface area contributed by atoms with Gasteiger partial charge in [-0.1, -0.05) is 0 Å². The van der Waals surface area contributed by atoms with Gasteiger partial charge in [0.1, 0.15) is 4.88 Å². The maximum absolute atomic E-state index is 13.0. The lowest BCUT2D eigenvalue weighted by Gasteiger charge is -2.08. The second-order valence-electron chi connectivity index (χ2n) is 4.96. The number of aryl methyl sites for hydroxylation is 1. The van der Waals surface area contributed by atoms with Gasteiger partial charge in [-0.15, -0.1) is 11.3 Å². The molecule has 0 saturated carbocycles. The Hall–Kier alpha value is -2.81. The highest BCUT2D eigenvalue weighted by molar-refractivity contribution is 7.12. The molecule has 0 unspecified atom stereocenters. The van der Waals surface area contributed by atoms with E-state index in [1.165, 1.54) is 17.4 Å². The Morgan fingerprint density at radius 2 is 1.88 bits per heavy atom. The SMILES string of the molecule is Cc1ccsc1C(=O)OCC(=O)NCC(=O)Nc1ccc(F)c(F)c1. The molecule has 0 bridgehead atoms. The first-order valence-corrected chi connectivity index (χ1v) is 7.97. The minimum Gasteiger partial charge on any atom is -0.451 e. The van der Waals surface area contributed by atoms with Gasteiger partial charge < -0.3 is 15.4 Å². The van der Waals surface area contributed by atoms with Gasteiger partial charge in [0.15, 0.2) is 18.2 Å². The van der Waals surface area contributed by atoms with Crippen molar-refractivity contribution in [2.45, 2.75) is 6.92 Å². The molecule has 2 aromatic rings. The van der Waals surface area contributed by atoms with Crippen molar-refractivity contribution in [2.75, 3.05) is 18.5 Å². The lowest BCUT2D eigenvalue weighted by Crippen LogP contribution is -2.35. The number of carbonyl (C=O) groups excluding carboxylic acids is 3. The molecule has 0 radical (unpaired) electrons. The number of hydrogen-bond donors (Lipinski definition) is 2. The summed E-state index contributed by atoms with van der Waals surface area (Å²) < 4.78 is 30.6. The van der Waals surface area contributed by atoms with Gasteiger partial charge >= 0.3 is 5.97 Å². The Labute approximate surface area is 145 Å². The van der Waals surface area contributed by atoms with Crippen molar-refractivity contribution in [1.29, 1.82) is 0 Å². The van der Waals surface area contributed by atoms with Crippen molar-refractivity contribution in [3.8, 4) is 0 Å². The zero-order valence-corrected chi connectivity index (χ0v) is 13.9. The van der Waals surface area contributed by atoms with Crippen LogP contribution >= 0.6 is 11.3 Å². The molecular formula is C16H14F2N2O4S. The van der Waals surface area contributed by atoms with Crippen molar-refractivity contribution < 1.29 is 27.9 Å². The van der Waals surface area contributed by atoms with Crippen LogP contribution in [0.25, 0.3) is 0 Å². The molecule has 0 fully saturated rings. The van der Waals surface area contributed by atoms with Crippen LogP contribution in [-0.2, 0) is 14.3 Å². The fourth-order valence-electron chi connectivity index (χ4n) is 1.79. The zero-order chi connectivity index (χ0) is 18.4. The lowest BCUT2D eigenvalue weighted by molar-refractivity contribution is -0.126. The number of anilines is 1. The van der Waals surface area contributed by atoms with Crippen LogP contribution in [0.15, 0.2) is 29.6 Å². The normalized spacial score (nSPS) is 10.2. The van der Waals surface area contributed by atoms with E-state index < -0.39 is 42.6 Å². The fourth-order valence-corrected chi connectivity index (χ4v) is 2.60. The summed E-state index contributed by atoms with van der Waals surface area (Å²) in [6.45, 7) is 0.803. The molecular weight excluding hydrogens is 354 g/mol. The van der Waals surface area contributed by atoms with E-state index in [0.717, 1.165) is 17.7 Å². The van der Waals surface area contributed by atoms with Crippen LogP contribution in [0.5, 0.6) is 0 Å². The Morgan fingerprint density at radius 1 is 1.12 bits per heavy atom.